The Morgan fingerprint density at radius 2 is 1.38 bits per heavy atom. The summed E-state index contributed by atoms with van der Waals surface area (Å²) >= 11 is 22.4. The van der Waals surface area contributed by atoms with Gasteiger partial charge >= 0.3 is 12.3 Å². The number of nitrogen functional groups attached to an aromatic ring is 2. The third-order valence-electron chi connectivity index (χ3n) is 5.10. The van der Waals surface area contributed by atoms with Crippen molar-refractivity contribution in [3.8, 4) is 0 Å². The van der Waals surface area contributed by atoms with Gasteiger partial charge in [0, 0.05) is 0 Å². The van der Waals surface area contributed by atoms with Crippen LogP contribution >= 0.6 is 46.4 Å². The molecule has 244 valence electrons. The van der Waals surface area contributed by atoms with E-state index >= 15 is 0 Å². The summed E-state index contributed by atoms with van der Waals surface area (Å²) < 4.78 is 1.84. The van der Waals surface area contributed by atoms with Gasteiger partial charge in [0.05, 0.1) is 16.8 Å². The molecule has 0 saturated carbocycles. The lowest BCUT2D eigenvalue weighted by molar-refractivity contribution is -0.193. The minimum Gasteiger partial charge on any atom is -0.382 e. The van der Waals surface area contributed by atoms with Crippen molar-refractivity contribution in [3.05, 3.63) is 61.7 Å². The Morgan fingerprint density at radius 1 is 0.844 bits per heavy atom. The van der Waals surface area contributed by atoms with Crippen LogP contribution in [-0.2, 0) is 30.4 Å². The Morgan fingerprint density at radius 3 is 1.76 bits per heavy atom. The van der Waals surface area contributed by atoms with Crippen LogP contribution in [0.1, 0.15) is 55.3 Å². The number of rotatable bonds is 3. The predicted octanol–water partition coefficient (Wildman–Crippen LogP) is 5.03. The summed E-state index contributed by atoms with van der Waals surface area (Å²) in [5.41, 5.74) is 16.5. The largest absolute Gasteiger partial charge is 0.382 e. The van der Waals surface area contributed by atoms with Gasteiger partial charge in [0.2, 0.25) is 0 Å². The molecule has 0 radical (unpaired) electrons. The molecule has 0 bridgehead atoms. The van der Waals surface area contributed by atoms with Crippen LogP contribution in [0.3, 0.4) is 0 Å². The Labute approximate surface area is 279 Å². The van der Waals surface area contributed by atoms with Crippen molar-refractivity contribution < 1.29 is 24.0 Å². The molecule has 0 fully saturated rings. The summed E-state index contributed by atoms with van der Waals surface area (Å²) in [6, 6.07) is 5.18. The molecule has 0 aromatic carbocycles. The standard InChI is InChI=1S/C10H12ClN3.2C5H6ClN3.C5H9ClO.2CO2/c1-4-8-7(3)12-10-6(2)5-9(11)13-14(8)10;1-3-2-4(7)8-9-5(3)6;1-3-2-4(6)8-9-5(3)7;1-3-5(6)4(2)7;2*2-1-3/h5H,4H2,1-3H3;2H,1H3,(H2,7,8);2H,1H3,(H2,7,9);5H,3H2,1-2H3;;. The number of aromatic nitrogens is 7. The molecule has 0 aliphatic rings. The second-order valence-corrected chi connectivity index (χ2v) is 10.2. The third kappa shape index (κ3) is 17.1. The Hall–Kier alpha value is -4.03. The summed E-state index contributed by atoms with van der Waals surface area (Å²) in [7, 11) is 0. The number of anilines is 2. The number of halogens is 4. The third-order valence-corrected chi connectivity index (χ3v) is 6.46. The molecule has 4 aromatic rings. The molecule has 0 aliphatic heterocycles. The topological polar surface area (TPSA) is 219 Å². The number of hydrogen-bond donors (Lipinski definition) is 2. The first-order chi connectivity index (χ1) is 21.0. The normalized spacial score (nSPS) is 9.76. The molecule has 45 heavy (non-hydrogen) atoms. The van der Waals surface area contributed by atoms with Gasteiger partial charge in [-0.2, -0.15) is 24.3 Å². The van der Waals surface area contributed by atoms with Gasteiger partial charge in [-0.05, 0) is 82.3 Å². The van der Waals surface area contributed by atoms with Crippen LogP contribution in [0.5, 0.6) is 0 Å². The van der Waals surface area contributed by atoms with Gasteiger partial charge in [0.1, 0.15) is 22.6 Å². The summed E-state index contributed by atoms with van der Waals surface area (Å²) in [6.07, 6.45) is 2.15. The lowest BCUT2D eigenvalue weighted by Crippen LogP contribution is -2.07. The zero-order valence-corrected chi connectivity index (χ0v) is 28.6. The highest BCUT2D eigenvalue weighted by Crippen LogP contribution is 2.17. The first-order valence-electron chi connectivity index (χ1n) is 12.7. The van der Waals surface area contributed by atoms with Crippen LogP contribution < -0.4 is 11.5 Å². The van der Waals surface area contributed by atoms with E-state index < -0.39 is 0 Å². The minimum atomic E-state index is -0.264. The Kier molecular flexibility index (Phi) is 22.4. The lowest BCUT2D eigenvalue weighted by Gasteiger charge is -2.00. The smallest absolute Gasteiger partial charge is 0.373 e. The summed E-state index contributed by atoms with van der Waals surface area (Å²) in [5.74, 6) is 0.889. The van der Waals surface area contributed by atoms with Crippen LogP contribution in [0.25, 0.3) is 5.65 Å². The molecule has 18 heteroatoms. The first-order valence-corrected chi connectivity index (χ1v) is 14.3. The van der Waals surface area contributed by atoms with Gasteiger partial charge in [-0.1, -0.05) is 48.7 Å². The molecule has 0 saturated heterocycles. The van der Waals surface area contributed by atoms with E-state index in [4.69, 9.17) is 77.0 Å². The number of hydrogen-bond acceptors (Lipinski definition) is 13. The number of carbonyl (C=O) groups excluding carboxylic acids is 5. The molecule has 0 spiro atoms. The van der Waals surface area contributed by atoms with E-state index in [1.807, 2.05) is 45.2 Å². The highest BCUT2D eigenvalue weighted by Gasteiger charge is 2.10. The van der Waals surface area contributed by atoms with Gasteiger partial charge in [0.15, 0.2) is 16.0 Å². The second kappa shape index (κ2) is 23.4. The fraction of sp³-hybridized carbons (Fsp3) is 0.370. The molecule has 4 rings (SSSR count). The van der Waals surface area contributed by atoms with E-state index in [1.165, 1.54) is 6.92 Å². The van der Waals surface area contributed by atoms with E-state index in [0.717, 1.165) is 46.6 Å². The van der Waals surface area contributed by atoms with Crippen molar-refractivity contribution in [2.24, 2.45) is 0 Å². The van der Waals surface area contributed by atoms with Crippen molar-refractivity contribution in [2.75, 3.05) is 11.5 Å². The predicted molar refractivity (Wildman–Crippen MR) is 170 cm³/mol. The number of ketones is 1. The minimum absolute atomic E-state index is 0.0594. The fourth-order valence-electron chi connectivity index (χ4n) is 2.93. The van der Waals surface area contributed by atoms with Crippen molar-refractivity contribution in [2.45, 2.75) is 66.7 Å². The van der Waals surface area contributed by atoms with Crippen LogP contribution in [0, 0.1) is 27.7 Å². The number of imidazole rings is 1. The Bertz CT molecular complexity index is 1530. The number of alkyl halides is 1. The van der Waals surface area contributed by atoms with Gasteiger partial charge in [-0.3, -0.25) is 4.79 Å². The Balaban J connectivity index is 0. The molecule has 4 N–H and O–H groups in total. The number of carbonyl (C=O) groups is 1. The van der Waals surface area contributed by atoms with E-state index in [9.17, 15) is 4.79 Å². The van der Waals surface area contributed by atoms with Crippen LogP contribution in [0.2, 0.25) is 15.5 Å². The van der Waals surface area contributed by atoms with Crippen molar-refractivity contribution >= 4 is 81.8 Å². The fourth-order valence-corrected chi connectivity index (χ4v) is 3.46. The first kappa shape index (κ1) is 43.1. The van der Waals surface area contributed by atoms with Crippen molar-refractivity contribution in [1.29, 1.82) is 0 Å². The zero-order chi connectivity index (χ0) is 35.3. The number of nitrogens with zero attached hydrogens (tertiary/aromatic N) is 7. The van der Waals surface area contributed by atoms with Gasteiger partial charge < -0.3 is 11.5 Å². The second-order valence-electron chi connectivity index (χ2n) is 8.51. The summed E-state index contributed by atoms with van der Waals surface area (Å²) in [4.78, 5) is 47.2. The van der Waals surface area contributed by atoms with Crippen molar-refractivity contribution in [1.82, 2.24) is 35.0 Å². The average Bonchev–Trinajstić information content (AvgIpc) is 3.29. The van der Waals surface area contributed by atoms with Gasteiger partial charge in [-0.15, -0.1) is 32.0 Å². The highest BCUT2D eigenvalue weighted by molar-refractivity contribution is 6.31. The highest BCUT2D eigenvalue weighted by atomic mass is 35.5. The summed E-state index contributed by atoms with van der Waals surface area (Å²) in [5, 5.41) is 19.5. The molecule has 4 aromatic heterocycles. The van der Waals surface area contributed by atoms with E-state index in [1.54, 1.807) is 12.1 Å². The SMILES string of the molecule is CCC(Cl)C(C)=O.CCc1c(C)nc2c(C)cc(Cl)nn12.Cc1cc(Cl)nnc1N.Cc1cc(N)nnc1Cl.O=C=O.O=C=O. The monoisotopic (exact) mass is 703 g/mol. The number of Topliss-reactive ketones (excluding diaryl/α,β-unsaturated/α-hetero) is 1. The lowest BCUT2D eigenvalue weighted by atomic mass is 10.2. The molecule has 4 heterocycles. The number of fused-ring (bicyclic) bond motifs is 1. The van der Waals surface area contributed by atoms with E-state index in [0.29, 0.717) is 27.1 Å². The average molecular weight is 705 g/mol. The van der Waals surface area contributed by atoms with Crippen molar-refractivity contribution in [3.63, 3.8) is 0 Å². The molecule has 1 atom stereocenters. The molecule has 0 aliphatic carbocycles. The maximum absolute atomic E-state index is 10.2. The molecule has 14 nitrogen and oxygen atoms in total. The maximum Gasteiger partial charge on any atom is 0.373 e. The molecule has 1 unspecified atom stereocenters. The van der Waals surface area contributed by atoms with Crippen LogP contribution in [0.4, 0.5) is 11.6 Å². The van der Waals surface area contributed by atoms with Gasteiger partial charge in [-0.25, -0.2) is 9.50 Å². The summed E-state index contributed by atoms with van der Waals surface area (Å²) in [6.45, 7) is 13.1. The number of aryl methyl sites for hydroxylation is 5. The maximum atomic E-state index is 10.2. The molecular weight excluding hydrogens is 672 g/mol. The van der Waals surface area contributed by atoms with Crippen LogP contribution in [-0.4, -0.2) is 58.5 Å². The molecular formula is C27H33Cl4N9O5. The van der Waals surface area contributed by atoms with E-state index in [-0.39, 0.29) is 23.5 Å². The van der Waals surface area contributed by atoms with Gasteiger partial charge in [0.25, 0.3) is 0 Å². The number of nitrogens with two attached hydrogens (primary N) is 2. The zero-order valence-electron chi connectivity index (χ0n) is 25.6. The van der Waals surface area contributed by atoms with Crippen LogP contribution in [0.15, 0.2) is 18.2 Å². The molecule has 0 amide bonds. The quantitative estimate of drug-likeness (QED) is 0.268. The van der Waals surface area contributed by atoms with E-state index in [2.05, 4.69) is 37.4 Å².